The summed E-state index contributed by atoms with van der Waals surface area (Å²) in [5, 5.41) is 4.83. The van der Waals surface area contributed by atoms with E-state index in [1.54, 1.807) is 0 Å². The molecule has 0 saturated heterocycles. The minimum absolute atomic E-state index is 0.0423. The van der Waals surface area contributed by atoms with Gasteiger partial charge in [-0.15, -0.1) is 0 Å². The highest BCUT2D eigenvalue weighted by atomic mass is 79.9. The van der Waals surface area contributed by atoms with E-state index in [1.807, 2.05) is 26.8 Å². The van der Waals surface area contributed by atoms with Crippen LogP contribution in [0.1, 0.15) is 59.1 Å². The van der Waals surface area contributed by atoms with Gasteiger partial charge in [-0.2, -0.15) is 5.10 Å². The summed E-state index contributed by atoms with van der Waals surface area (Å²) in [7, 11) is 0. The molecule has 3 rings (SSSR count). The Hall–Kier alpha value is -1.66. The first kappa shape index (κ1) is 24.0. The van der Waals surface area contributed by atoms with Crippen molar-refractivity contribution in [1.82, 2.24) is 9.78 Å². The quantitative estimate of drug-likeness (QED) is 0.423. The van der Waals surface area contributed by atoms with Crippen LogP contribution in [0.25, 0.3) is 11.1 Å². The lowest BCUT2D eigenvalue weighted by atomic mass is 9.82. The Balaban J connectivity index is 1.50. The first-order valence-corrected chi connectivity index (χ1v) is 12.2. The van der Waals surface area contributed by atoms with Gasteiger partial charge < -0.3 is 9.47 Å². The lowest BCUT2D eigenvalue weighted by Gasteiger charge is -2.28. The van der Waals surface area contributed by atoms with Crippen LogP contribution in [-0.2, 0) is 27.2 Å². The van der Waals surface area contributed by atoms with Crippen LogP contribution in [0.5, 0.6) is 0 Å². The molecule has 1 aliphatic rings. The minimum atomic E-state index is -0.461. The van der Waals surface area contributed by atoms with E-state index in [9.17, 15) is 4.79 Å². The number of aromatic nitrogens is 2. The van der Waals surface area contributed by atoms with Gasteiger partial charge in [0.25, 0.3) is 0 Å². The molecule has 31 heavy (non-hydrogen) atoms. The second kappa shape index (κ2) is 10.8. The fourth-order valence-electron chi connectivity index (χ4n) is 4.37. The highest BCUT2D eigenvalue weighted by molar-refractivity contribution is 9.10. The Morgan fingerprint density at radius 2 is 1.77 bits per heavy atom. The molecule has 0 radical (unpaired) electrons. The van der Waals surface area contributed by atoms with Crippen molar-refractivity contribution in [3.8, 4) is 11.1 Å². The van der Waals surface area contributed by atoms with Gasteiger partial charge in [0.1, 0.15) is 16.8 Å². The number of halogens is 1. The Kier molecular flexibility index (Phi) is 8.34. The largest absolute Gasteiger partial charge is 0.458 e. The number of esters is 1. The molecule has 170 valence electrons. The van der Waals surface area contributed by atoms with E-state index >= 15 is 0 Å². The second-order valence-electron chi connectivity index (χ2n) is 9.50. The highest BCUT2D eigenvalue weighted by Gasteiger charge is 2.25. The molecule has 0 spiro atoms. The molecule has 0 amide bonds. The fourth-order valence-corrected chi connectivity index (χ4v) is 5.02. The maximum atomic E-state index is 11.8. The normalized spacial score (nSPS) is 19.4. The van der Waals surface area contributed by atoms with Crippen molar-refractivity contribution in [2.75, 3.05) is 13.2 Å². The summed E-state index contributed by atoms with van der Waals surface area (Å²) in [6.45, 7) is 9.45. The number of hydrogen-bond donors (Lipinski definition) is 0. The van der Waals surface area contributed by atoms with E-state index in [0.29, 0.717) is 18.4 Å². The zero-order valence-electron chi connectivity index (χ0n) is 19.2. The maximum Gasteiger partial charge on any atom is 0.332 e. The molecule has 1 aromatic carbocycles. The van der Waals surface area contributed by atoms with E-state index in [-0.39, 0.29) is 12.6 Å². The Morgan fingerprint density at radius 1 is 1.13 bits per heavy atom. The number of hydrogen-bond acceptors (Lipinski definition) is 4. The van der Waals surface area contributed by atoms with Crippen LogP contribution in [0, 0.1) is 11.8 Å². The van der Waals surface area contributed by atoms with Crippen LogP contribution in [0.2, 0.25) is 0 Å². The van der Waals surface area contributed by atoms with E-state index in [2.05, 4.69) is 51.8 Å². The summed E-state index contributed by atoms with van der Waals surface area (Å²) in [5.74, 6) is 0.864. The third kappa shape index (κ3) is 6.91. The van der Waals surface area contributed by atoms with Gasteiger partial charge in [0.05, 0.1) is 6.61 Å². The number of nitrogens with zero attached hydrogens (tertiary/aromatic N) is 2. The second-order valence-corrected chi connectivity index (χ2v) is 10.3. The molecule has 0 aliphatic heterocycles. The van der Waals surface area contributed by atoms with Gasteiger partial charge in [0, 0.05) is 17.8 Å². The van der Waals surface area contributed by atoms with Crippen LogP contribution < -0.4 is 0 Å². The van der Waals surface area contributed by atoms with Gasteiger partial charge in [-0.3, -0.25) is 4.68 Å². The predicted molar refractivity (Wildman–Crippen MR) is 127 cm³/mol. The van der Waals surface area contributed by atoms with E-state index in [0.717, 1.165) is 30.4 Å². The van der Waals surface area contributed by atoms with Crippen molar-refractivity contribution < 1.29 is 14.3 Å². The average molecular weight is 491 g/mol. The molecule has 0 unspecified atom stereocenters. The lowest BCUT2D eigenvalue weighted by molar-refractivity contribution is -0.160. The average Bonchev–Trinajstić information content (AvgIpc) is 3.03. The summed E-state index contributed by atoms with van der Waals surface area (Å²) in [5.41, 5.74) is 3.26. The molecule has 5 nitrogen and oxygen atoms in total. The molecule has 1 aromatic heterocycles. The van der Waals surface area contributed by atoms with Gasteiger partial charge in [0.2, 0.25) is 0 Å². The zero-order chi connectivity index (χ0) is 22.4. The Labute approximate surface area is 194 Å². The van der Waals surface area contributed by atoms with Crippen molar-refractivity contribution in [3.05, 3.63) is 40.6 Å². The molecular weight excluding hydrogens is 456 g/mol. The molecular formula is C25H35BrN2O3. The maximum absolute atomic E-state index is 11.8. The van der Waals surface area contributed by atoms with Crippen molar-refractivity contribution >= 4 is 21.9 Å². The van der Waals surface area contributed by atoms with Crippen LogP contribution in [0.15, 0.2) is 34.9 Å². The summed E-state index contributed by atoms with van der Waals surface area (Å²) in [4.78, 5) is 11.8. The Bertz CT molecular complexity index is 850. The third-order valence-corrected chi connectivity index (χ3v) is 6.36. The van der Waals surface area contributed by atoms with Gasteiger partial charge in [-0.05, 0) is 86.2 Å². The van der Waals surface area contributed by atoms with Gasteiger partial charge in [0.15, 0.2) is 0 Å². The predicted octanol–water partition coefficient (Wildman–Crippen LogP) is 6.04. The number of benzene rings is 1. The SMILES string of the molecule is CCc1c(-c2ccccc2)c(Br)nn1CC1CCC(COCC(=O)OC(C)(C)C)CC1. The summed E-state index contributed by atoms with van der Waals surface area (Å²) < 4.78 is 14.1. The number of ether oxygens (including phenoxy) is 2. The standard InChI is InChI=1S/C25H35BrN2O3/c1-5-21-23(20-9-7-6-8-10-20)24(26)27-28(21)15-18-11-13-19(14-12-18)16-30-17-22(29)31-25(2,3)4/h6-10,18-19H,5,11-17H2,1-4H3. The molecule has 1 heterocycles. The lowest BCUT2D eigenvalue weighted by Crippen LogP contribution is -2.28. The molecule has 1 aliphatic carbocycles. The van der Waals surface area contributed by atoms with Crippen LogP contribution in [0.3, 0.4) is 0 Å². The van der Waals surface area contributed by atoms with Crippen LogP contribution >= 0.6 is 15.9 Å². The van der Waals surface area contributed by atoms with Crippen molar-refractivity contribution in [1.29, 1.82) is 0 Å². The van der Waals surface area contributed by atoms with E-state index in [4.69, 9.17) is 14.6 Å². The summed E-state index contributed by atoms with van der Waals surface area (Å²) in [6, 6.07) is 10.5. The third-order valence-electron chi connectivity index (χ3n) is 5.80. The summed E-state index contributed by atoms with van der Waals surface area (Å²) >= 11 is 3.69. The number of carbonyl (C=O) groups is 1. The Morgan fingerprint density at radius 3 is 2.39 bits per heavy atom. The smallest absolute Gasteiger partial charge is 0.332 e. The van der Waals surface area contributed by atoms with Gasteiger partial charge >= 0.3 is 5.97 Å². The van der Waals surface area contributed by atoms with Crippen molar-refractivity contribution in [2.24, 2.45) is 11.8 Å². The molecule has 0 atom stereocenters. The summed E-state index contributed by atoms with van der Waals surface area (Å²) in [6.07, 6.45) is 5.56. The van der Waals surface area contributed by atoms with Crippen LogP contribution in [0.4, 0.5) is 0 Å². The molecule has 1 fully saturated rings. The minimum Gasteiger partial charge on any atom is -0.458 e. The van der Waals surface area contributed by atoms with E-state index < -0.39 is 5.60 Å². The molecule has 6 heteroatoms. The van der Waals surface area contributed by atoms with Crippen molar-refractivity contribution in [2.45, 2.75) is 71.9 Å². The zero-order valence-corrected chi connectivity index (χ0v) is 20.8. The molecule has 1 saturated carbocycles. The molecule has 0 bridgehead atoms. The topological polar surface area (TPSA) is 53.4 Å². The number of carbonyl (C=O) groups excluding carboxylic acids is 1. The highest BCUT2D eigenvalue weighted by Crippen LogP contribution is 2.34. The van der Waals surface area contributed by atoms with E-state index in [1.165, 1.54) is 29.7 Å². The molecule has 0 N–H and O–H groups in total. The fraction of sp³-hybridized carbons (Fsp3) is 0.600. The first-order chi connectivity index (χ1) is 14.8. The first-order valence-electron chi connectivity index (χ1n) is 11.4. The number of rotatable bonds is 8. The molecule has 2 aromatic rings. The van der Waals surface area contributed by atoms with Crippen LogP contribution in [-0.4, -0.2) is 34.6 Å². The monoisotopic (exact) mass is 490 g/mol. The van der Waals surface area contributed by atoms with Gasteiger partial charge in [-0.25, -0.2) is 4.79 Å². The van der Waals surface area contributed by atoms with Crippen molar-refractivity contribution in [3.63, 3.8) is 0 Å². The van der Waals surface area contributed by atoms with Gasteiger partial charge in [-0.1, -0.05) is 37.3 Å².